The molecule has 0 aliphatic heterocycles. The number of rotatable bonds is 0. The van der Waals surface area contributed by atoms with Crippen molar-refractivity contribution in [3.8, 4) is 11.8 Å². The number of aromatic amines is 2. The average molecular weight is 184 g/mol. The van der Waals surface area contributed by atoms with Gasteiger partial charge in [-0.3, -0.25) is 4.98 Å². The first-order chi connectivity index (χ1) is 6.93. The second-order valence-corrected chi connectivity index (χ2v) is 3.56. The van der Waals surface area contributed by atoms with Gasteiger partial charge in [-0.15, -0.1) is 4.98 Å². The van der Waals surface area contributed by atoms with E-state index in [4.69, 9.17) is 0 Å². The van der Waals surface area contributed by atoms with Crippen molar-refractivity contribution < 1.29 is 4.98 Å². The van der Waals surface area contributed by atoms with E-state index in [0.717, 1.165) is 16.7 Å². The predicted octanol–water partition coefficient (Wildman–Crippen LogP) is 1.14. The van der Waals surface area contributed by atoms with Gasteiger partial charge in [0.2, 0.25) is 17.7 Å². The van der Waals surface area contributed by atoms with E-state index in [1.807, 2.05) is 12.3 Å². The van der Waals surface area contributed by atoms with Gasteiger partial charge >= 0.3 is 0 Å². The van der Waals surface area contributed by atoms with Crippen LogP contribution in [0.3, 0.4) is 0 Å². The Labute approximate surface area is 81.6 Å². The van der Waals surface area contributed by atoms with Gasteiger partial charge in [-0.1, -0.05) is 5.92 Å². The quantitative estimate of drug-likeness (QED) is 0.613. The molecule has 3 rings (SSSR count). The molecule has 68 valence electrons. The van der Waals surface area contributed by atoms with Gasteiger partial charge in [0.15, 0.2) is 0 Å². The van der Waals surface area contributed by atoms with E-state index in [2.05, 4.69) is 26.8 Å². The molecule has 0 atom stereocenters. The SMILES string of the molecule is C(#CC1CC1)c1nc[nH+]c2[nH]ccc12. The van der Waals surface area contributed by atoms with Crippen molar-refractivity contribution in [2.75, 3.05) is 0 Å². The molecule has 0 unspecified atom stereocenters. The van der Waals surface area contributed by atoms with E-state index < -0.39 is 0 Å². The van der Waals surface area contributed by atoms with Crippen molar-refractivity contribution in [2.24, 2.45) is 5.92 Å². The Morgan fingerprint density at radius 3 is 3.29 bits per heavy atom. The van der Waals surface area contributed by atoms with Gasteiger partial charge in [-0.2, -0.15) is 0 Å². The zero-order chi connectivity index (χ0) is 9.38. The lowest BCUT2D eigenvalue weighted by molar-refractivity contribution is -0.352. The van der Waals surface area contributed by atoms with Crippen molar-refractivity contribution in [2.45, 2.75) is 12.8 Å². The molecule has 1 saturated carbocycles. The van der Waals surface area contributed by atoms with Crippen LogP contribution in [0.25, 0.3) is 11.0 Å². The number of nitrogens with one attached hydrogen (secondary N) is 2. The summed E-state index contributed by atoms with van der Waals surface area (Å²) >= 11 is 0. The number of hydrogen-bond donors (Lipinski definition) is 1. The summed E-state index contributed by atoms with van der Waals surface area (Å²) in [5.74, 6) is 6.97. The summed E-state index contributed by atoms with van der Waals surface area (Å²) in [6.45, 7) is 0. The minimum absolute atomic E-state index is 0.620. The van der Waals surface area contributed by atoms with Crippen molar-refractivity contribution in [1.82, 2.24) is 9.97 Å². The van der Waals surface area contributed by atoms with E-state index >= 15 is 0 Å². The Bertz CT molecular complexity index is 526. The molecule has 2 heterocycles. The highest BCUT2D eigenvalue weighted by molar-refractivity contribution is 5.78. The molecular weight excluding hydrogens is 174 g/mol. The lowest BCUT2D eigenvalue weighted by Crippen LogP contribution is -2.05. The first-order valence-corrected chi connectivity index (χ1v) is 4.79. The molecule has 0 spiro atoms. The van der Waals surface area contributed by atoms with Crippen molar-refractivity contribution >= 4 is 11.0 Å². The van der Waals surface area contributed by atoms with Crippen LogP contribution in [0.5, 0.6) is 0 Å². The summed E-state index contributed by atoms with van der Waals surface area (Å²) in [6, 6.07) is 2.00. The van der Waals surface area contributed by atoms with Crippen molar-refractivity contribution in [3.63, 3.8) is 0 Å². The fourth-order valence-electron chi connectivity index (χ4n) is 1.41. The molecule has 0 amide bonds. The largest absolute Gasteiger partial charge is 0.279 e. The monoisotopic (exact) mass is 184 g/mol. The van der Waals surface area contributed by atoms with E-state index in [1.165, 1.54) is 12.8 Å². The van der Waals surface area contributed by atoms with Crippen LogP contribution in [-0.4, -0.2) is 9.97 Å². The average Bonchev–Trinajstić information content (AvgIpc) is 2.91. The Balaban J connectivity index is 2.11. The Morgan fingerprint density at radius 1 is 1.50 bits per heavy atom. The summed E-state index contributed by atoms with van der Waals surface area (Å²) in [6.07, 6.45) is 6.07. The van der Waals surface area contributed by atoms with Crippen LogP contribution in [0.15, 0.2) is 18.6 Å². The van der Waals surface area contributed by atoms with Crippen LogP contribution in [-0.2, 0) is 0 Å². The lowest BCUT2D eigenvalue weighted by Gasteiger charge is -1.85. The highest BCUT2D eigenvalue weighted by Crippen LogP contribution is 2.27. The molecule has 1 fully saturated rings. The van der Waals surface area contributed by atoms with Crippen molar-refractivity contribution in [3.05, 3.63) is 24.3 Å². The summed E-state index contributed by atoms with van der Waals surface area (Å²) in [4.78, 5) is 10.4. The van der Waals surface area contributed by atoms with Crippen LogP contribution in [0, 0.1) is 17.8 Å². The van der Waals surface area contributed by atoms with Gasteiger partial charge in [-0.25, -0.2) is 4.98 Å². The Kier molecular flexibility index (Phi) is 1.54. The zero-order valence-electron chi connectivity index (χ0n) is 7.67. The number of H-pyrrole nitrogens is 2. The molecule has 0 radical (unpaired) electrons. The second-order valence-electron chi connectivity index (χ2n) is 3.56. The number of nitrogens with zero attached hydrogens (tertiary/aromatic N) is 1. The Morgan fingerprint density at radius 2 is 2.43 bits per heavy atom. The first kappa shape index (κ1) is 7.57. The molecule has 0 aromatic carbocycles. The lowest BCUT2D eigenvalue weighted by atomic mass is 10.2. The summed E-state index contributed by atoms with van der Waals surface area (Å²) in [5, 5.41) is 1.07. The number of aromatic nitrogens is 3. The zero-order valence-corrected chi connectivity index (χ0v) is 7.67. The maximum atomic E-state index is 4.23. The predicted molar refractivity (Wildman–Crippen MR) is 52.3 cm³/mol. The molecule has 2 N–H and O–H groups in total. The maximum Gasteiger partial charge on any atom is 0.235 e. The molecule has 1 aliphatic rings. The van der Waals surface area contributed by atoms with Crippen LogP contribution >= 0.6 is 0 Å². The van der Waals surface area contributed by atoms with Crippen LogP contribution in [0.2, 0.25) is 0 Å². The molecular formula is C11H10N3+. The first-order valence-electron chi connectivity index (χ1n) is 4.79. The maximum absolute atomic E-state index is 4.23. The molecule has 2 aromatic rings. The van der Waals surface area contributed by atoms with E-state index in [0.29, 0.717) is 5.92 Å². The third kappa shape index (κ3) is 1.25. The topological polar surface area (TPSA) is 42.8 Å². The molecule has 3 heteroatoms. The highest BCUT2D eigenvalue weighted by atomic mass is 14.9. The number of fused-ring (bicyclic) bond motifs is 1. The molecule has 0 bridgehead atoms. The van der Waals surface area contributed by atoms with Gasteiger partial charge in [0.25, 0.3) is 0 Å². The van der Waals surface area contributed by atoms with Gasteiger partial charge in [0, 0.05) is 5.92 Å². The highest BCUT2D eigenvalue weighted by Gasteiger charge is 2.18. The third-order valence-corrected chi connectivity index (χ3v) is 2.38. The summed E-state index contributed by atoms with van der Waals surface area (Å²) in [7, 11) is 0. The minimum Gasteiger partial charge on any atom is -0.279 e. The van der Waals surface area contributed by atoms with E-state index in [1.54, 1.807) is 6.33 Å². The van der Waals surface area contributed by atoms with E-state index in [9.17, 15) is 0 Å². The van der Waals surface area contributed by atoms with Gasteiger partial charge in [0.1, 0.15) is 5.39 Å². The molecule has 2 aromatic heterocycles. The normalized spacial score (nSPS) is 15.1. The Hall–Kier alpha value is -1.82. The van der Waals surface area contributed by atoms with Gasteiger partial charge in [-0.05, 0) is 24.8 Å². The fraction of sp³-hybridized carbons (Fsp3) is 0.273. The number of hydrogen-bond acceptors (Lipinski definition) is 1. The molecule has 1 aliphatic carbocycles. The third-order valence-electron chi connectivity index (χ3n) is 2.38. The smallest absolute Gasteiger partial charge is 0.235 e. The minimum atomic E-state index is 0.620. The van der Waals surface area contributed by atoms with Gasteiger partial charge < -0.3 is 0 Å². The van der Waals surface area contributed by atoms with Crippen LogP contribution < -0.4 is 4.98 Å². The second kappa shape index (κ2) is 2.85. The van der Waals surface area contributed by atoms with Crippen LogP contribution in [0.1, 0.15) is 18.5 Å². The fourth-order valence-corrected chi connectivity index (χ4v) is 1.41. The van der Waals surface area contributed by atoms with Crippen molar-refractivity contribution in [1.29, 1.82) is 0 Å². The van der Waals surface area contributed by atoms with E-state index in [-0.39, 0.29) is 0 Å². The molecule has 0 saturated heterocycles. The summed E-state index contributed by atoms with van der Waals surface area (Å²) in [5.41, 5.74) is 1.85. The van der Waals surface area contributed by atoms with Gasteiger partial charge in [0.05, 0.1) is 6.20 Å². The summed E-state index contributed by atoms with van der Waals surface area (Å²) < 4.78 is 0. The molecule has 14 heavy (non-hydrogen) atoms. The molecule has 3 nitrogen and oxygen atoms in total. The standard InChI is InChI=1S/C11H9N3/c1-2-8(1)3-4-10-9-5-6-12-11(9)14-7-13-10/h5-8H,1-2H2,(H,12,13,14)/p+1. The van der Waals surface area contributed by atoms with Crippen LogP contribution in [0.4, 0.5) is 0 Å².